The van der Waals surface area contributed by atoms with Crippen LogP contribution in [0, 0.1) is 0 Å². The Labute approximate surface area is 365 Å². The number of aromatic amines is 2. The minimum Gasteiger partial charge on any atom is -0.390 e. The number of aliphatic hydroxyl groups is 1. The summed E-state index contributed by atoms with van der Waals surface area (Å²) in [5, 5.41) is 10.8. The molecule has 3 aliphatic heterocycles. The van der Waals surface area contributed by atoms with Gasteiger partial charge in [-0.05, 0) is 0 Å². The second-order valence-electron chi connectivity index (χ2n) is 14.9. The molecule has 0 bridgehead atoms. The zero-order chi connectivity index (χ0) is 46.9. The average molecular weight is 990 g/mol. The Morgan fingerprint density at radius 2 is 1.06 bits per heavy atom. The summed E-state index contributed by atoms with van der Waals surface area (Å²) in [7, 11) is -15.5. The van der Waals surface area contributed by atoms with Gasteiger partial charge in [-0.3, -0.25) is 55.9 Å². The molecule has 0 aromatic carbocycles. The molecule has 3 aliphatic rings. The molecule has 0 radical (unpaired) electrons. The number of aromatic nitrogens is 12. The fourth-order valence-electron chi connectivity index (χ4n) is 7.60. The van der Waals surface area contributed by atoms with E-state index in [1.54, 1.807) is 0 Å². The van der Waals surface area contributed by atoms with E-state index in [1.807, 2.05) is 0 Å². The highest BCUT2D eigenvalue weighted by atomic mass is 31.2. The van der Waals surface area contributed by atoms with Crippen LogP contribution in [-0.4, -0.2) is 140 Å². The number of hydrogen-bond donors (Lipinski definition) is 10. The van der Waals surface area contributed by atoms with Crippen LogP contribution in [0.3, 0.4) is 0 Å². The molecule has 9 rings (SSSR count). The Balaban J connectivity index is 0.905. The van der Waals surface area contributed by atoms with E-state index in [0.717, 1.165) is 6.33 Å². The number of rotatable bonds is 16. The number of phosphoric acid groups is 3. The monoisotopic (exact) mass is 989 g/mol. The highest BCUT2D eigenvalue weighted by molar-refractivity contribution is 7.47. The normalized spacial score (nSPS) is 27.9. The summed E-state index contributed by atoms with van der Waals surface area (Å²) in [6, 6.07) is 0. The van der Waals surface area contributed by atoms with Crippen LogP contribution in [0.15, 0.2) is 34.9 Å². The molecule has 0 aliphatic carbocycles. The summed E-state index contributed by atoms with van der Waals surface area (Å²) < 4.78 is 86.7. The van der Waals surface area contributed by atoms with Gasteiger partial charge in [0.15, 0.2) is 33.8 Å². The van der Waals surface area contributed by atoms with Crippen molar-refractivity contribution < 1.29 is 75.2 Å². The summed E-state index contributed by atoms with van der Waals surface area (Å²) in [5.41, 5.74) is 16.2. The van der Waals surface area contributed by atoms with Gasteiger partial charge in [-0.15, -0.1) is 0 Å². The van der Waals surface area contributed by atoms with Gasteiger partial charge in [-0.2, -0.15) is 9.97 Å². The lowest BCUT2D eigenvalue weighted by molar-refractivity contribution is -0.0596. The Morgan fingerprint density at radius 3 is 1.58 bits per heavy atom. The molecule has 3 fully saturated rings. The fraction of sp³-hybridized carbons (Fsp3) is 0.500. The summed E-state index contributed by atoms with van der Waals surface area (Å²) in [6.07, 6.45) is -7.20. The van der Waals surface area contributed by atoms with Gasteiger partial charge in [0.1, 0.15) is 61.0 Å². The maximum absolute atomic E-state index is 13.6. The Hall–Kier alpha value is -5.18. The maximum atomic E-state index is 13.6. The number of H-pyrrole nitrogens is 2. The largest absolute Gasteiger partial charge is 0.472 e. The van der Waals surface area contributed by atoms with Crippen LogP contribution < -0.4 is 28.3 Å². The zero-order valence-electron chi connectivity index (χ0n) is 33.3. The number of nitrogens with two attached hydrogens (primary N) is 3. The van der Waals surface area contributed by atoms with Crippen molar-refractivity contribution in [1.29, 1.82) is 0 Å². The van der Waals surface area contributed by atoms with Crippen molar-refractivity contribution in [2.45, 2.75) is 74.6 Å². The maximum Gasteiger partial charge on any atom is 0.472 e. The molecule has 6 aromatic heterocycles. The van der Waals surface area contributed by atoms with E-state index >= 15 is 0 Å². The van der Waals surface area contributed by atoms with Gasteiger partial charge < -0.3 is 56.1 Å². The summed E-state index contributed by atoms with van der Waals surface area (Å²) in [4.78, 5) is 98.6. The standard InChI is InChI=1S/C30H38N15O18P3/c31-23-20-24(35-7-34-23)43(8-36-20)17-1-11(46)14(59-17)4-57-65(52,53)63-13-3-19(45-10-38-22-26(45)40-30(33)42-28(22)48)61-16(13)6-58-66(54,55)62-12-2-18(60-15(12)5-56-64(49,50)51)44-9-37-21-25(44)39-29(32)41-27(21)47/h7-19,46H,1-6H2,(H,52,53)(H,54,55)(H2,31,34,35)(H2,49,50,51)(H3,32,39,41,47)(H3,33,40,42,48)/t11-,12-,13-,14+,15+,16+,17+,18+,19+/m0/s1. The van der Waals surface area contributed by atoms with Gasteiger partial charge >= 0.3 is 23.5 Å². The lowest BCUT2D eigenvalue weighted by atomic mass is 10.2. The minimum atomic E-state index is -5.25. The van der Waals surface area contributed by atoms with Crippen molar-refractivity contribution in [3.05, 3.63) is 46.0 Å². The van der Waals surface area contributed by atoms with Crippen LogP contribution in [0.2, 0.25) is 0 Å². The third kappa shape index (κ3) is 9.51. The number of anilines is 3. The van der Waals surface area contributed by atoms with Gasteiger partial charge in [0.25, 0.3) is 11.1 Å². The van der Waals surface area contributed by atoms with E-state index in [0.29, 0.717) is 11.2 Å². The summed E-state index contributed by atoms with van der Waals surface area (Å²) in [5.74, 6) is -0.434. The van der Waals surface area contributed by atoms with Crippen LogP contribution in [0.5, 0.6) is 0 Å². The Kier molecular flexibility index (Phi) is 12.2. The first-order valence-corrected chi connectivity index (χ1v) is 23.8. The highest BCUT2D eigenvalue weighted by Crippen LogP contribution is 2.52. The van der Waals surface area contributed by atoms with Crippen molar-refractivity contribution in [3.8, 4) is 0 Å². The molecule has 0 amide bonds. The van der Waals surface area contributed by atoms with Crippen LogP contribution in [0.25, 0.3) is 33.5 Å². The average Bonchev–Trinajstić information content (AvgIpc) is 4.09. The third-order valence-corrected chi connectivity index (χ3v) is 13.0. The molecular formula is C30H38N15O18P3. The van der Waals surface area contributed by atoms with Crippen LogP contribution >= 0.6 is 23.5 Å². The van der Waals surface area contributed by atoms with Crippen molar-refractivity contribution >= 4 is 74.7 Å². The van der Waals surface area contributed by atoms with E-state index in [2.05, 4.69) is 49.4 Å². The smallest absolute Gasteiger partial charge is 0.390 e. The fourth-order valence-corrected chi connectivity index (χ4v) is 9.86. The second kappa shape index (κ2) is 17.5. The van der Waals surface area contributed by atoms with E-state index in [-0.39, 0.29) is 59.3 Å². The highest BCUT2D eigenvalue weighted by Gasteiger charge is 2.47. The number of hydrogen-bond acceptors (Lipinski definition) is 24. The molecule has 13 N–H and O–H groups in total. The van der Waals surface area contributed by atoms with Crippen LogP contribution in [-0.2, 0) is 50.5 Å². The van der Waals surface area contributed by atoms with Gasteiger partial charge in [-0.1, -0.05) is 0 Å². The number of aliphatic hydroxyl groups excluding tert-OH is 1. The number of fused-ring (bicyclic) bond motifs is 3. The summed E-state index contributed by atoms with van der Waals surface area (Å²) >= 11 is 0. The van der Waals surface area contributed by atoms with E-state index in [4.69, 9.17) is 49.5 Å². The van der Waals surface area contributed by atoms with Crippen LogP contribution in [0.1, 0.15) is 37.9 Å². The molecule has 9 heterocycles. The molecule has 66 heavy (non-hydrogen) atoms. The first-order chi connectivity index (χ1) is 31.2. The third-order valence-electron chi connectivity index (χ3n) is 10.5. The first-order valence-electron chi connectivity index (χ1n) is 19.2. The van der Waals surface area contributed by atoms with E-state index in [1.165, 1.54) is 32.7 Å². The van der Waals surface area contributed by atoms with Crippen molar-refractivity contribution in [1.82, 2.24) is 58.6 Å². The number of nitrogen functional groups attached to an aromatic ring is 3. The molecular weight excluding hydrogens is 951 g/mol. The number of ether oxygens (including phenoxy) is 3. The predicted molar refractivity (Wildman–Crippen MR) is 216 cm³/mol. The molecule has 3 saturated heterocycles. The second-order valence-corrected chi connectivity index (χ2v) is 18.9. The lowest BCUT2D eigenvalue weighted by Gasteiger charge is -2.24. The SMILES string of the molecule is Nc1nc2c(ncn2[C@H]2C[C@H](OP(=O)(O)OC[C@H]3O[C@@H](n4cnc5c(=O)[nH]c(N)nc54)C[C@@H]3OP(=O)(O)OC[C@H]3O[C@@H](n4cnc5c(N)ncnc54)C[C@@H]3O)[C@@H](COP(=O)(O)O)O2)c(=O)[nH]1. The van der Waals surface area contributed by atoms with E-state index < -0.39 is 110 Å². The molecule has 356 valence electrons. The van der Waals surface area contributed by atoms with Gasteiger partial charge in [0.05, 0.1) is 44.9 Å². The zero-order valence-corrected chi connectivity index (χ0v) is 36.0. The van der Waals surface area contributed by atoms with Crippen LogP contribution in [0.4, 0.5) is 17.7 Å². The topological polar surface area (TPSA) is 475 Å². The molecule has 6 aromatic rings. The molecule has 11 atom stereocenters. The number of imidazole rings is 3. The Bertz CT molecular complexity index is 3070. The molecule has 36 heteroatoms. The predicted octanol–water partition coefficient (Wildman–Crippen LogP) is -1.82. The number of phosphoric ester groups is 3. The number of nitrogens with one attached hydrogen (secondary N) is 2. The van der Waals surface area contributed by atoms with E-state index in [9.17, 15) is 48.0 Å². The summed E-state index contributed by atoms with van der Waals surface area (Å²) in [6.45, 7) is -2.43. The molecule has 2 unspecified atom stereocenters. The van der Waals surface area contributed by atoms with Crippen molar-refractivity contribution in [3.63, 3.8) is 0 Å². The lowest BCUT2D eigenvalue weighted by Crippen LogP contribution is -2.31. The first kappa shape index (κ1) is 46.0. The van der Waals surface area contributed by atoms with Gasteiger partial charge in [0.2, 0.25) is 11.9 Å². The van der Waals surface area contributed by atoms with Crippen molar-refractivity contribution in [2.75, 3.05) is 37.0 Å². The molecule has 0 saturated carbocycles. The number of nitrogens with zero attached hydrogens (tertiary/aromatic N) is 10. The minimum absolute atomic E-state index is 0.0000829. The molecule has 0 spiro atoms. The van der Waals surface area contributed by atoms with Crippen molar-refractivity contribution in [2.24, 2.45) is 0 Å². The van der Waals surface area contributed by atoms with Gasteiger partial charge in [-0.25, -0.2) is 38.6 Å². The molecule has 33 nitrogen and oxygen atoms in total. The van der Waals surface area contributed by atoms with Gasteiger partial charge in [0, 0.05) is 19.3 Å². The Morgan fingerprint density at radius 1 is 0.621 bits per heavy atom. The quantitative estimate of drug-likeness (QED) is 0.0477.